The lowest BCUT2D eigenvalue weighted by atomic mass is 10.0. The van der Waals surface area contributed by atoms with Crippen LogP contribution in [-0.2, 0) is 14.6 Å². The molecule has 0 unspecified atom stereocenters. The third-order valence-electron chi connectivity index (χ3n) is 4.12. The first-order chi connectivity index (χ1) is 9.95. The van der Waals surface area contributed by atoms with Crippen molar-refractivity contribution in [3.63, 3.8) is 0 Å². The Hall–Kier alpha value is -1.76. The summed E-state index contributed by atoms with van der Waals surface area (Å²) in [7, 11) is 0.00455. The van der Waals surface area contributed by atoms with Crippen molar-refractivity contribution in [3.8, 4) is 11.5 Å². The van der Waals surface area contributed by atoms with Crippen LogP contribution in [0.25, 0.3) is 0 Å². The second-order valence-corrected chi connectivity index (χ2v) is 7.56. The minimum atomic E-state index is -3.06. The van der Waals surface area contributed by atoms with E-state index in [9.17, 15) is 13.2 Å². The molecule has 2 heterocycles. The quantitative estimate of drug-likeness (QED) is 0.827. The smallest absolute Gasteiger partial charge is 0.227 e. The molecule has 21 heavy (non-hydrogen) atoms. The second-order valence-electron chi connectivity index (χ2n) is 5.41. The molecule has 0 bridgehead atoms. The van der Waals surface area contributed by atoms with Gasteiger partial charge in [0.2, 0.25) is 5.91 Å². The minimum Gasteiger partial charge on any atom is -0.497 e. The van der Waals surface area contributed by atoms with Gasteiger partial charge in [0.1, 0.15) is 11.5 Å². The molecule has 2 atom stereocenters. The Morgan fingerprint density at radius 1 is 1.19 bits per heavy atom. The molecule has 0 saturated carbocycles. The zero-order valence-electron chi connectivity index (χ0n) is 11.9. The summed E-state index contributed by atoms with van der Waals surface area (Å²) >= 11 is 0. The fourth-order valence-electron chi connectivity index (χ4n) is 3.19. The van der Waals surface area contributed by atoms with Crippen molar-refractivity contribution >= 4 is 21.4 Å². The van der Waals surface area contributed by atoms with Crippen molar-refractivity contribution in [2.75, 3.05) is 30.6 Å². The number of methoxy groups -OCH3 is 2. The first kappa shape index (κ1) is 14.2. The van der Waals surface area contributed by atoms with Crippen LogP contribution in [0.1, 0.15) is 6.42 Å². The van der Waals surface area contributed by atoms with E-state index >= 15 is 0 Å². The van der Waals surface area contributed by atoms with Gasteiger partial charge in [-0.2, -0.15) is 0 Å². The molecule has 2 aliphatic rings. The zero-order chi connectivity index (χ0) is 15.2. The van der Waals surface area contributed by atoms with Crippen LogP contribution in [0.15, 0.2) is 18.2 Å². The molecule has 1 aromatic rings. The number of ether oxygens (including phenoxy) is 2. The van der Waals surface area contributed by atoms with E-state index in [-0.39, 0.29) is 35.8 Å². The number of benzene rings is 1. The third-order valence-corrected chi connectivity index (χ3v) is 5.91. The maximum absolute atomic E-state index is 12.3. The maximum Gasteiger partial charge on any atom is 0.227 e. The fourth-order valence-corrected chi connectivity index (χ4v) is 5.26. The Kier molecular flexibility index (Phi) is 3.32. The van der Waals surface area contributed by atoms with E-state index in [0.29, 0.717) is 17.2 Å². The monoisotopic (exact) mass is 311 g/mol. The normalized spacial score (nSPS) is 26.8. The van der Waals surface area contributed by atoms with Crippen LogP contribution in [0.5, 0.6) is 11.5 Å². The van der Waals surface area contributed by atoms with Gasteiger partial charge in [-0.25, -0.2) is 8.42 Å². The number of rotatable bonds is 3. The molecule has 3 rings (SSSR count). The molecule has 114 valence electrons. The van der Waals surface area contributed by atoms with Gasteiger partial charge in [0.15, 0.2) is 9.84 Å². The molecule has 2 aliphatic heterocycles. The summed E-state index contributed by atoms with van der Waals surface area (Å²) in [4.78, 5) is 13.8. The average molecular weight is 311 g/mol. The number of hydrogen-bond donors (Lipinski definition) is 0. The molecular weight excluding hydrogens is 294 g/mol. The number of anilines is 1. The molecule has 0 N–H and O–H groups in total. The molecule has 0 spiro atoms. The Morgan fingerprint density at radius 3 is 2.62 bits per heavy atom. The van der Waals surface area contributed by atoms with E-state index < -0.39 is 9.84 Å². The van der Waals surface area contributed by atoms with E-state index in [2.05, 4.69) is 0 Å². The van der Waals surface area contributed by atoms with Crippen LogP contribution < -0.4 is 14.4 Å². The lowest BCUT2D eigenvalue weighted by Gasteiger charge is -2.25. The molecule has 7 heteroatoms. The molecule has 1 amide bonds. The van der Waals surface area contributed by atoms with Crippen LogP contribution in [0.2, 0.25) is 0 Å². The minimum absolute atomic E-state index is 0.0264. The van der Waals surface area contributed by atoms with Crippen molar-refractivity contribution in [3.05, 3.63) is 18.2 Å². The summed E-state index contributed by atoms with van der Waals surface area (Å²) in [5.74, 6) is 1.08. The van der Waals surface area contributed by atoms with Crippen LogP contribution >= 0.6 is 0 Å². The maximum atomic E-state index is 12.3. The summed E-state index contributed by atoms with van der Waals surface area (Å²) in [5, 5.41) is 0. The lowest BCUT2D eigenvalue weighted by molar-refractivity contribution is -0.117. The van der Waals surface area contributed by atoms with Crippen molar-refractivity contribution in [2.24, 2.45) is 5.92 Å². The first-order valence-electron chi connectivity index (χ1n) is 6.69. The van der Waals surface area contributed by atoms with Gasteiger partial charge in [0.05, 0.1) is 37.5 Å². The summed E-state index contributed by atoms with van der Waals surface area (Å²) < 4.78 is 34.1. The third kappa shape index (κ3) is 2.35. The van der Waals surface area contributed by atoms with E-state index in [0.717, 1.165) is 0 Å². The fraction of sp³-hybridized carbons (Fsp3) is 0.500. The largest absolute Gasteiger partial charge is 0.497 e. The van der Waals surface area contributed by atoms with Crippen LogP contribution in [0.3, 0.4) is 0 Å². The number of sulfone groups is 1. The Balaban J connectivity index is 2.01. The van der Waals surface area contributed by atoms with Crippen molar-refractivity contribution in [1.29, 1.82) is 0 Å². The number of carbonyl (C=O) groups excluding carboxylic acids is 1. The zero-order valence-corrected chi connectivity index (χ0v) is 12.7. The van der Waals surface area contributed by atoms with Gasteiger partial charge in [-0.15, -0.1) is 0 Å². The Morgan fingerprint density at radius 2 is 1.95 bits per heavy atom. The van der Waals surface area contributed by atoms with E-state index in [1.165, 1.54) is 7.11 Å². The van der Waals surface area contributed by atoms with Gasteiger partial charge in [-0.05, 0) is 12.1 Å². The Labute approximate surface area is 123 Å². The van der Waals surface area contributed by atoms with Crippen LogP contribution in [0, 0.1) is 5.92 Å². The van der Waals surface area contributed by atoms with Gasteiger partial charge in [-0.1, -0.05) is 0 Å². The van der Waals surface area contributed by atoms with Crippen molar-refractivity contribution < 1.29 is 22.7 Å². The highest BCUT2D eigenvalue weighted by Gasteiger charge is 2.49. The Bertz CT molecular complexity index is 685. The first-order valence-corrected chi connectivity index (χ1v) is 8.52. The van der Waals surface area contributed by atoms with Gasteiger partial charge in [-0.3, -0.25) is 4.79 Å². The van der Waals surface area contributed by atoms with Gasteiger partial charge < -0.3 is 14.4 Å². The topological polar surface area (TPSA) is 72.9 Å². The summed E-state index contributed by atoms with van der Waals surface area (Å²) in [6.45, 7) is 0. The van der Waals surface area contributed by atoms with Crippen molar-refractivity contribution in [2.45, 2.75) is 12.5 Å². The lowest BCUT2D eigenvalue weighted by Crippen LogP contribution is -2.36. The molecule has 2 fully saturated rings. The highest BCUT2D eigenvalue weighted by molar-refractivity contribution is 7.91. The van der Waals surface area contributed by atoms with Gasteiger partial charge >= 0.3 is 0 Å². The van der Waals surface area contributed by atoms with E-state index in [1.54, 1.807) is 30.2 Å². The number of amides is 1. The number of carbonyl (C=O) groups is 1. The van der Waals surface area contributed by atoms with Gasteiger partial charge in [0, 0.05) is 18.4 Å². The van der Waals surface area contributed by atoms with Crippen LogP contribution in [0.4, 0.5) is 5.69 Å². The van der Waals surface area contributed by atoms with Crippen LogP contribution in [-0.4, -0.2) is 46.1 Å². The second kappa shape index (κ2) is 4.91. The SMILES string of the molecule is COc1ccc(N2C(=O)C[C@H]3CS(=O)(=O)C[C@@H]32)c(OC)c1. The molecule has 2 saturated heterocycles. The number of fused-ring (bicyclic) bond motifs is 1. The van der Waals surface area contributed by atoms with E-state index in [4.69, 9.17) is 9.47 Å². The van der Waals surface area contributed by atoms with Gasteiger partial charge in [0.25, 0.3) is 0 Å². The molecule has 0 aromatic heterocycles. The number of nitrogens with zero attached hydrogens (tertiary/aromatic N) is 1. The molecule has 1 aromatic carbocycles. The standard InChI is InChI=1S/C14H17NO5S/c1-19-10-3-4-11(13(6-10)20-2)15-12-8-21(17,18)7-9(12)5-14(15)16/h3-4,6,9,12H,5,7-8H2,1-2H3/t9-,12-/m0/s1. The van der Waals surface area contributed by atoms with Crippen molar-refractivity contribution in [1.82, 2.24) is 0 Å². The highest BCUT2D eigenvalue weighted by atomic mass is 32.2. The average Bonchev–Trinajstić information content (AvgIpc) is 2.88. The summed E-state index contributed by atoms with van der Waals surface area (Å²) in [5.41, 5.74) is 0.605. The summed E-state index contributed by atoms with van der Waals surface area (Å²) in [6.07, 6.45) is 0.277. The molecule has 0 aliphatic carbocycles. The highest BCUT2D eigenvalue weighted by Crippen LogP contribution is 2.41. The molecule has 0 radical (unpaired) electrons. The number of hydrogen-bond acceptors (Lipinski definition) is 5. The molecular formula is C14H17NO5S. The predicted molar refractivity (Wildman–Crippen MR) is 77.6 cm³/mol. The summed E-state index contributed by atoms with van der Waals surface area (Å²) in [6, 6.07) is 4.88. The molecule has 6 nitrogen and oxygen atoms in total. The predicted octanol–water partition coefficient (Wildman–Crippen LogP) is 0.854. The van der Waals surface area contributed by atoms with E-state index in [1.807, 2.05) is 0 Å².